The number of nitrogens with zero attached hydrogens (tertiary/aromatic N) is 4. The second-order valence-electron chi connectivity index (χ2n) is 16.4. The third kappa shape index (κ3) is 9.86. The molecule has 3 heterocycles. The lowest BCUT2D eigenvalue weighted by Gasteiger charge is -2.31. The van der Waals surface area contributed by atoms with Gasteiger partial charge in [-0.2, -0.15) is 0 Å². The number of carbonyl (C=O) groups excluding carboxylic acids is 4. The number of H-pyrrole nitrogens is 2. The Kier molecular flexibility index (Phi) is 13.9. The van der Waals surface area contributed by atoms with E-state index in [-0.39, 0.29) is 18.4 Å². The quantitative estimate of drug-likeness (QED) is 0.0734. The van der Waals surface area contributed by atoms with E-state index in [1.54, 1.807) is 46.5 Å². The number of alkyl carbamates (subject to hydrolysis) is 2. The Hall–Kier alpha value is -7.94. The molecule has 0 aliphatic carbocycles. The number of nitrogens with one attached hydrogen (secondary N) is 4. The van der Waals surface area contributed by atoms with Crippen LogP contribution in [-0.4, -0.2) is 81.0 Å². The number of hydrogen-bond acceptors (Lipinski definition) is 9. The number of aromatic amines is 2. The minimum absolute atomic E-state index is 0.224. The zero-order valence-electron chi connectivity index (χ0n) is 38.2. The summed E-state index contributed by atoms with van der Waals surface area (Å²) in [6.07, 6.45) is 3.59. The lowest BCUT2D eigenvalue weighted by atomic mass is 9.92. The molecule has 0 saturated carbocycles. The lowest BCUT2D eigenvalue weighted by Crippen LogP contribution is -2.44. The minimum Gasteiger partial charge on any atom is -0.488 e. The third-order valence-electron chi connectivity index (χ3n) is 12.0. The van der Waals surface area contributed by atoms with Gasteiger partial charge in [-0.25, -0.2) is 19.6 Å². The first-order valence-electron chi connectivity index (χ1n) is 22.4. The van der Waals surface area contributed by atoms with Crippen molar-refractivity contribution in [1.82, 2.24) is 40.4 Å². The summed E-state index contributed by atoms with van der Waals surface area (Å²) in [6.45, 7) is 7.45. The van der Waals surface area contributed by atoms with Crippen LogP contribution in [0.3, 0.4) is 0 Å². The highest BCUT2D eigenvalue weighted by Crippen LogP contribution is 2.44. The van der Waals surface area contributed by atoms with E-state index in [2.05, 4.69) is 68.1 Å². The molecule has 2 aromatic heterocycles. The summed E-state index contributed by atoms with van der Waals surface area (Å²) in [5.74, 6) is 1.51. The fraction of sp³-hybridized carbons (Fsp3) is 0.269. The number of methoxy groups -OCH3 is 2. The van der Waals surface area contributed by atoms with Crippen molar-refractivity contribution in [2.75, 3.05) is 27.3 Å². The molecule has 0 saturated heterocycles. The smallest absolute Gasteiger partial charge is 0.407 e. The predicted octanol–water partition coefficient (Wildman–Crippen LogP) is 9.41. The van der Waals surface area contributed by atoms with Crippen molar-refractivity contribution >= 4 is 34.8 Å². The van der Waals surface area contributed by atoms with Crippen LogP contribution in [0.2, 0.25) is 0 Å². The number of imidazole rings is 2. The summed E-state index contributed by atoms with van der Waals surface area (Å²) < 4.78 is 16.2. The molecule has 4 N–H and O–H groups in total. The molecule has 4 amide bonds. The van der Waals surface area contributed by atoms with Gasteiger partial charge in [0.15, 0.2) is 0 Å². The molecular weight excluding hydrogens is 849 g/mol. The predicted molar refractivity (Wildman–Crippen MR) is 254 cm³/mol. The van der Waals surface area contributed by atoms with Crippen molar-refractivity contribution < 1.29 is 33.4 Å². The summed E-state index contributed by atoms with van der Waals surface area (Å²) in [5, 5.41) is 7.40. The van der Waals surface area contributed by atoms with Gasteiger partial charge >= 0.3 is 12.2 Å². The van der Waals surface area contributed by atoms with Crippen LogP contribution in [-0.2, 0) is 32.2 Å². The fourth-order valence-corrected chi connectivity index (χ4v) is 8.58. The van der Waals surface area contributed by atoms with E-state index in [1.807, 2.05) is 63.2 Å². The van der Waals surface area contributed by atoms with Crippen LogP contribution in [0, 0.1) is 0 Å². The third-order valence-corrected chi connectivity index (χ3v) is 12.0. The van der Waals surface area contributed by atoms with Gasteiger partial charge in [0.1, 0.15) is 36.1 Å². The Morgan fingerprint density at radius 2 is 1.30 bits per heavy atom. The van der Waals surface area contributed by atoms with Gasteiger partial charge in [0.25, 0.3) is 5.91 Å². The van der Waals surface area contributed by atoms with E-state index in [0.29, 0.717) is 55.3 Å². The summed E-state index contributed by atoms with van der Waals surface area (Å²) in [5.41, 5.74) is 7.88. The Morgan fingerprint density at radius 1 is 0.701 bits per heavy atom. The molecule has 0 radical (unpaired) electrons. The molecule has 344 valence electrons. The Balaban J connectivity index is 0.984. The second kappa shape index (κ2) is 20.5. The Bertz CT molecular complexity index is 2880. The maximum atomic E-state index is 14.1. The van der Waals surface area contributed by atoms with E-state index in [4.69, 9.17) is 19.2 Å². The van der Waals surface area contributed by atoms with Crippen LogP contribution >= 0.6 is 0 Å². The second-order valence-corrected chi connectivity index (χ2v) is 16.4. The van der Waals surface area contributed by atoms with Gasteiger partial charge in [0, 0.05) is 29.6 Å². The van der Waals surface area contributed by atoms with E-state index in [9.17, 15) is 19.2 Å². The van der Waals surface area contributed by atoms with Gasteiger partial charge < -0.3 is 44.6 Å². The highest BCUT2D eigenvalue weighted by molar-refractivity contribution is 5.98. The first-order chi connectivity index (χ1) is 32.6. The molecular formula is C52H54N8O7. The monoisotopic (exact) mass is 902 g/mol. The number of hydrogen-bond donors (Lipinski definition) is 4. The van der Waals surface area contributed by atoms with Gasteiger partial charge in [0.2, 0.25) is 5.91 Å². The molecule has 0 spiro atoms. The summed E-state index contributed by atoms with van der Waals surface area (Å²) in [7, 11) is 2.55. The van der Waals surface area contributed by atoms with Gasteiger partial charge in [0.05, 0.1) is 50.6 Å². The van der Waals surface area contributed by atoms with E-state index >= 15 is 0 Å². The largest absolute Gasteiger partial charge is 0.488 e. The highest BCUT2D eigenvalue weighted by atomic mass is 16.5. The number of ether oxygens (including phenoxy) is 3. The van der Waals surface area contributed by atoms with Crippen molar-refractivity contribution in [3.8, 4) is 39.4 Å². The molecule has 8 rings (SSSR count). The van der Waals surface area contributed by atoms with Crippen molar-refractivity contribution in [2.24, 2.45) is 0 Å². The molecule has 3 atom stereocenters. The highest BCUT2D eigenvalue weighted by Gasteiger charge is 2.33. The van der Waals surface area contributed by atoms with Crippen molar-refractivity contribution in [3.63, 3.8) is 0 Å². The SMILES string of the molecule is CCCN(Cc1ncc(-c2ccc3c(c2)COc2c-3ccc3cc(-c4cnc([C@H](C)N(CCC)C(=O)C(NC(=O)OC)c5ccccc5)[nH]4)ccc23)[nH]1)C(=O)C(NC(=O)OC)c1ccccc1. The molecule has 7 aromatic rings. The summed E-state index contributed by atoms with van der Waals surface area (Å²) in [6, 6.07) is 32.6. The molecule has 1 aliphatic heterocycles. The van der Waals surface area contributed by atoms with E-state index in [0.717, 1.165) is 55.7 Å². The number of benzene rings is 5. The van der Waals surface area contributed by atoms with Gasteiger partial charge in [-0.05, 0) is 71.2 Å². The fourth-order valence-electron chi connectivity index (χ4n) is 8.58. The zero-order chi connectivity index (χ0) is 47.0. The number of amides is 4. The minimum atomic E-state index is -0.934. The van der Waals surface area contributed by atoms with Gasteiger partial charge in [-0.15, -0.1) is 0 Å². The van der Waals surface area contributed by atoms with Crippen LogP contribution in [0.15, 0.2) is 122 Å². The number of aromatic nitrogens is 4. The molecule has 15 heteroatoms. The maximum absolute atomic E-state index is 14.1. The molecule has 0 bridgehead atoms. The Morgan fingerprint density at radius 3 is 1.96 bits per heavy atom. The van der Waals surface area contributed by atoms with Crippen LogP contribution in [0.1, 0.15) is 80.1 Å². The summed E-state index contributed by atoms with van der Waals surface area (Å²) in [4.78, 5) is 72.3. The molecule has 1 aliphatic rings. The van der Waals surface area contributed by atoms with Crippen LogP contribution < -0.4 is 15.4 Å². The average Bonchev–Trinajstić information content (AvgIpc) is 4.07. The van der Waals surface area contributed by atoms with Gasteiger partial charge in [-0.3, -0.25) is 9.59 Å². The van der Waals surface area contributed by atoms with Gasteiger partial charge in [-0.1, -0.05) is 105 Å². The van der Waals surface area contributed by atoms with E-state index < -0.39 is 30.3 Å². The summed E-state index contributed by atoms with van der Waals surface area (Å²) >= 11 is 0. The normalized spacial score (nSPS) is 13.0. The topological polar surface area (TPSA) is 184 Å². The lowest BCUT2D eigenvalue weighted by molar-refractivity contribution is -0.136. The molecule has 15 nitrogen and oxygen atoms in total. The van der Waals surface area contributed by atoms with Crippen molar-refractivity contribution in [3.05, 3.63) is 150 Å². The Labute approximate surface area is 388 Å². The van der Waals surface area contributed by atoms with Crippen molar-refractivity contribution in [2.45, 2.75) is 64.9 Å². The van der Waals surface area contributed by atoms with Crippen LogP contribution in [0.5, 0.6) is 5.75 Å². The molecule has 0 fully saturated rings. The van der Waals surface area contributed by atoms with Crippen LogP contribution in [0.25, 0.3) is 44.4 Å². The molecule has 2 unspecified atom stereocenters. The van der Waals surface area contributed by atoms with Crippen molar-refractivity contribution in [1.29, 1.82) is 0 Å². The van der Waals surface area contributed by atoms with E-state index in [1.165, 1.54) is 14.2 Å². The number of fused-ring (bicyclic) bond motifs is 5. The number of carbonyl (C=O) groups is 4. The molecule has 5 aromatic carbocycles. The number of rotatable bonds is 16. The zero-order valence-corrected chi connectivity index (χ0v) is 38.2. The first-order valence-corrected chi connectivity index (χ1v) is 22.4. The molecule has 67 heavy (non-hydrogen) atoms. The average molecular weight is 903 g/mol. The first kappa shape index (κ1) is 45.6. The standard InChI is InChI=1S/C52H54N8O7/c1-6-24-59(49(61)45(57-51(63)65-4)33-14-10-8-11-15-33)30-44-53-28-42(55-44)37-19-21-39-38(27-37)31-67-47-40-22-20-36(26-35(40)18-23-41(39)47)43-29-54-48(56-43)32(3)60(25-7-2)50(62)46(58-52(64)66-5)34-16-12-9-13-17-34/h8-23,26-29,32,45-46H,6-7,24-25,30-31H2,1-5H3,(H,53,55)(H,54,56)(H,57,63)(H,58,64)/t32-,45?,46?/m0/s1. The van der Waals surface area contributed by atoms with Crippen LogP contribution in [0.4, 0.5) is 9.59 Å². The maximum Gasteiger partial charge on any atom is 0.407 e.